The molecule has 19 heavy (non-hydrogen) atoms. The molecule has 0 saturated heterocycles. The van der Waals surface area contributed by atoms with E-state index in [0.29, 0.717) is 17.3 Å². The third kappa shape index (κ3) is 3.99. The Morgan fingerprint density at radius 3 is 2.74 bits per heavy atom. The summed E-state index contributed by atoms with van der Waals surface area (Å²) in [7, 11) is 0. The van der Waals surface area contributed by atoms with Crippen molar-refractivity contribution in [2.75, 3.05) is 5.32 Å². The highest BCUT2D eigenvalue weighted by atomic mass is 35.5. The number of aromatic nitrogens is 2. The highest BCUT2D eigenvalue weighted by Gasteiger charge is 2.03. The zero-order valence-electron chi connectivity index (χ0n) is 10.6. The maximum absolute atomic E-state index is 11.7. The molecule has 2 rings (SSSR count). The first kappa shape index (κ1) is 13.4. The van der Waals surface area contributed by atoms with Crippen LogP contribution in [-0.2, 0) is 13.1 Å². The average Bonchev–Trinajstić information content (AvgIpc) is 2.87. The van der Waals surface area contributed by atoms with Crippen LogP contribution in [-0.4, -0.2) is 15.8 Å². The maximum atomic E-state index is 11.7. The van der Waals surface area contributed by atoms with Gasteiger partial charge in [0.05, 0.1) is 6.20 Å². The molecule has 2 amide bonds. The highest BCUT2D eigenvalue weighted by Crippen LogP contribution is 2.13. The number of rotatable bonds is 4. The number of anilines is 1. The van der Waals surface area contributed by atoms with Crippen LogP contribution in [0.1, 0.15) is 12.5 Å². The minimum absolute atomic E-state index is 0.258. The van der Waals surface area contributed by atoms with Gasteiger partial charge < -0.3 is 10.6 Å². The quantitative estimate of drug-likeness (QED) is 0.903. The fraction of sp³-hybridized carbons (Fsp3) is 0.231. The van der Waals surface area contributed by atoms with Crippen LogP contribution in [0.4, 0.5) is 10.5 Å². The van der Waals surface area contributed by atoms with Crippen LogP contribution >= 0.6 is 11.6 Å². The number of carbonyl (C=O) groups is 1. The second-order valence-corrected chi connectivity index (χ2v) is 4.46. The molecule has 0 fully saturated rings. The van der Waals surface area contributed by atoms with Gasteiger partial charge >= 0.3 is 6.03 Å². The predicted octanol–water partition coefficient (Wildman–Crippen LogP) is 2.88. The molecule has 0 aliphatic rings. The number of urea groups is 1. The number of benzene rings is 1. The number of carbonyl (C=O) groups excluding carboxylic acids is 1. The Morgan fingerprint density at radius 1 is 1.37 bits per heavy atom. The molecule has 5 nitrogen and oxygen atoms in total. The van der Waals surface area contributed by atoms with Gasteiger partial charge in [-0.1, -0.05) is 11.6 Å². The van der Waals surface area contributed by atoms with E-state index in [0.717, 1.165) is 12.1 Å². The number of aryl methyl sites for hydroxylation is 1. The third-order valence-corrected chi connectivity index (χ3v) is 2.82. The molecule has 0 radical (unpaired) electrons. The lowest BCUT2D eigenvalue weighted by atomic mass is 10.3. The molecule has 0 unspecified atom stereocenters. The molecule has 2 aromatic rings. The topological polar surface area (TPSA) is 59.0 Å². The van der Waals surface area contributed by atoms with Gasteiger partial charge in [-0.2, -0.15) is 5.10 Å². The first-order valence-corrected chi connectivity index (χ1v) is 6.37. The van der Waals surface area contributed by atoms with Gasteiger partial charge in [0.25, 0.3) is 0 Å². The molecular weight excluding hydrogens is 264 g/mol. The molecule has 1 aromatic carbocycles. The zero-order chi connectivity index (χ0) is 13.7. The SMILES string of the molecule is CCn1cc(CNC(=O)Nc2ccc(Cl)cc2)cn1. The van der Waals surface area contributed by atoms with Crippen molar-refractivity contribution in [3.05, 3.63) is 47.2 Å². The summed E-state index contributed by atoms with van der Waals surface area (Å²) in [5.74, 6) is 0. The van der Waals surface area contributed by atoms with Crippen LogP contribution in [0, 0.1) is 0 Å². The van der Waals surface area contributed by atoms with E-state index in [1.54, 1.807) is 30.5 Å². The van der Waals surface area contributed by atoms with E-state index >= 15 is 0 Å². The van der Waals surface area contributed by atoms with Gasteiger partial charge in [-0.15, -0.1) is 0 Å². The van der Waals surface area contributed by atoms with Crippen LogP contribution in [0.25, 0.3) is 0 Å². The molecule has 1 heterocycles. The van der Waals surface area contributed by atoms with Gasteiger partial charge in [0.15, 0.2) is 0 Å². The second kappa shape index (κ2) is 6.24. The lowest BCUT2D eigenvalue weighted by Gasteiger charge is -2.06. The van der Waals surface area contributed by atoms with Crippen LogP contribution in [0.5, 0.6) is 0 Å². The Hall–Kier alpha value is -2.01. The van der Waals surface area contributed by atoms with Gasteiger partial charge in [-0.25, -0.2) is 4.79 Å². The molecule has 1 aromatic heterocycles. The van der Waals surface area contributed by atoms with Gasteiger partial charge in [-0.3, -0.25) is 4.68 Å². The maximum Gasteiger partial charge on any atom is 0.319 e. The summed E-state index contributed by atoms with van der Waals surface area (Å²) in [5, 5.41) is 10.3. The zero-order valence-corrected chi connectivity index (χ0v) is 11.3. The van der Waals surface area contributed by atoms with E-state index in [2.05, 4.69) is 15.7 Å². The molecule has 2 N–H and O–H groups in total. The van der Waals surface area contributed by atoms with Gasteiger partial charge in [0.1, 0.15) is 0 Å². The molecule has 0 saturated carbocycles. The van der Waals surface area contributed by atoms with Crippen molar-refractivity contribution in [3.8, 4) is 0 Å². The second-order valence-electron chi connectivity index (χ2n) is 4.02. The number of hydrogen-bond donors (Lipinski definition) is 2. The first-order valence-electron chi connectivity index (χ1n) is 5.99. The molecule has 0 spiro atoms. The number of halogens is 1. The molecule has 0 bridgehead atoms. The summed E-state index contributed by atoms with van der Waals surface area (Å²) in [5.41, 5.74) is 1.67. The van der Waals surface area contributed by atoms with Gasteiger partial charge in [-0.05, 0) is 31.2 Å². The van der Waals surface area contributed by atoms with E-state index in [4.69, 9.17) is 11.6 Å². The lowest BCUT2D eigenvalue weighted by molar-refractivity contribution is 0.251. The van der Waals surface area contributed by atoms with E-state index in [9.17, 15) is 4.79 Å². The smallest absolute Gasteiger partial charge is 0.319 e. The first-order chi connectivity index (χ1) is 9.17. The molecule has 0 aliphatic carbocycles. The molecule has 0 atom stereocenters. The summed E-state index contributed by atoms with van der Waals surface area (Å²) < 4.78 is 1.81. The summed E-state index contributed by atoms with van der Waals surface area (Å²) in [6.45, 7) is 3.27. The van der Waals surface area contributed by atoms with Crippen LogP contribution in [0.2, 0.25) is 5.02 Å². The van der Waals surface area contributed by atoms with Crippen molar-refractivity contribution in [1.82, 2.24) is 15.1 Å². The van der Waals surface area contributed by atoms with E-state index in [1.807, 2.05) is 17.8 Å². The largest absolute Gasteiger partial charge is 0.334 e. The molecular formula is C13H15ClN4O. The van der Waals surface area contributed by atoms with Crippen LogP contribution < -0.4 is 10.6 Å². The van der Waals surface area contributed by atoms with E-state index < -0.39 is 0 Å². The van der Waals surface area contributed by atoms with E-state index in [-0.39, 0.29) is 6.03 Å². The fourth-order valence-corrected chi connectivity index (χ4v) is 1.69. The number of nitrogens with zero attached hydrogens (tertiary/aromatic N) is 2. The van der Waals surface area contributed by atoms with Crippen molar-refractivity contribution < 1.29 is 4.79 Å². The lowest BCUT2D eigenvalue weighted by Crippen LogP contribution is -2.27. The van der Waals surface area contributed by atoms with Crippen molar-refractivity contribution in [3.63, 3.8) is 0 Å². The van der Waals surface area contributed by atoms with E-state index in [1.165, 1.54) is 0 Å². The number of amides is 2. The van der Waals surface area contributed by atoms with Crippen molar-refractivity contribution in [2.45, 2.75) is 20.0 Å². The standard InChI is InChI=1S/C13H15ClN4O/c1-2-18-9-10(8-16-18)7-15-13(19)17-12-5-3-11(14)4-6-12/h3-6,8-9H,2,7H2,1H3,(H2,15,17,19). The van der Waals surface area contributed by atoms with Crippen molar-refractivity contribution in [2.24, 2.45) is 0 Å². The Morgan fingerprint density at radius 2 is 2.11 bits per heavy atom. The summed E-state index contributed by atoms with van der Waals surface area (Å²) in [6.07, 6.45) is 3.65. The Balaban J connectivity index is 1.82. The van der Waals surface area contributed by atoms with Gasteiger partial charge in [0, 0.05) is 35.6 Å². The monoisotopic (exact) mass is 278 g/mol. The predicted molar refractivity (Wildman–Crippen MR) is 75.2 cm³/mol. The normalized spacial score (nSPS) is 10.2. The summed E-state index contributed by atoms with van der Waals surface area (Å²) in [4.78, 5) is 11.7. The molecule has 0 aliphatic heterocycles. The van der Waals surface area contributed by atoms with Crippen molar-refractivity contribution in [1.29, 1.82) is 0 Å². The molecule has 6 heteroatoms. The Labute approximate surface area is 116 Å². The van der Waals surface area contributed by atoms with Gasteiger partial charge in [0.2, 0.25) is 0 Å². The van der Waals surface area contributed by atoms with Crippen LogP contribution in [0.3, 0.4) is 0 Å². The highest BCUT2D eigenvalue weighted by molar-refractivity contribution is 6.30. The average molecular weight is 279 g/mol. The Kier molecular flexibility index (Phi) is 4.41. The molecule has 100 valence electrons. The fourth-order valence-electron chi connectivity index (χ4n) is 1.56. The summed E-state index contributed by atoms with van der Waals surface area (Å²) >= 11 is 5.77. The number of nitrogens with one attached hydrogen (secondary N) is 2. The van der Waals surface area contributed by atoms with Crippen molar-refractivity contribution >= 4 is 23.3 Å². The van der Waals surface area contributed by atoms with Crippen LogP contribution in [0.15, 0.2) is 36.7 Å². The third-order valence-electron chi connectivity index (χ3n) is 2.57. The summed E-state index contributed by atoms with van der Waals surface area (Å²) in [6, 6.07) is 6.69. The number of hydrogen-bond acceptors (Lipinski definition) is 2. The Bertz CT molecular complexity index is 550. The minimum atomic E-state index is -0.258. The minimum Gasteiger partial charge on any atom is -0.334 e.